The van der Waals surface area contributed by atoms with Gasteiger partial charge in [0.1, 0.15) is 39.0 Å². The molecule has 0 spiro atoms. The van der Waals surface area contributed by atoms with E-state index in [4.69, 9.17) is 18.9 Å². The fraction of sp³-hybridized carbons (Fsp3) is 0.370. The number of unbranched alkanes of at least 4 members (excludes halogenated alkanes) is 2. The topological polar surface area (TPSA) is 173 Å². The first-order valence-corrected chi connectivity index (χ1v) is 20.3. The summed E-state index contributed by atoms with van der Waals surface area (Å²) in [4.78, 5) is 65.9. The number of benzene rings is 4. The van der Waals surface area contributed by atoms with Crippen LogP contribution < -0.4 is 10.6 Å². The molecule has 0 bridgehead atoms. The second kappa shape index (κ2) is 27.3. The SMILES string of the molecule is O=C(O)CN(CCCCN(CCCCNCCCC(NC(=O)OCc1ccccc1)C(=O)OCc1ccccc1)C(=O)OCc1ccccc1)C(=O)OCc1ccccc1. The van der Waals surface area contributed by atoms with Crippen molar-refractivity contribution in [1.29, 1.82) is 0 Å². The van der Waals surface area contributed by atoms with E-state index in [1.807, 2.05) is 121 Å². The van der Waals surface area contributed by atoms with Gasteiger partial charge in [0, 0.05) is 19.6 Å². The van der Waals surface area contributed by atoms with Crippen LogP contribution in [-0.4, -0.2) is 90.4 Å². The maximum Gasteiger partial charge on any atom is 0.410 e. The number of nitrogens with zero attached hydrogens (tertiary/aromatic N) is 2. The molecule has 14 nitrogen and oxygen atoms in total. The Hall–Kier alpha value is -6.41. The number of rotatable bonds is 26. The van der Waals surface area contributed by atoms with Gasteiger partial charge in [-0.25, -0.2) is 19.2 Å². The van der Waals surface area contributed by atoms with E-state index >= 15 is 0 Å². The molecule has 3 N–H and O–H groups in total. The van der Waals surface area contributed by atoms with Gasteiger partial charge in [-0.1, -0.05) is 121 Å². The summed E-state index contributed by atoms with van der Waals surface area (Å²) >= 11 is 0. The second-order valence-electron chi connectivity index (χ2n) is 14.0. The van der Waals surface area contributed by atoms with Crippen molar-refractivity contribution in [1.82, 2.24) is 20.4 Å². The van der Waals surface area contributed by atoms with Gasteiger partial charge in [-0.2, -0.15) is 0 Å². The van der Waals surface area contributed by atoms with Gasteiger partial charge in [-0.3, -0.25) is 9.69 Å². The molecule has 4 aromatic rings. The lowest BCUT2D eigenvalue weighted by Crippen LogP contribution is -2.42. The van der Waals surface area contributed by atoms with Crippen LogP contribution in [0.3, 0.4) is 0 Å². The number of carboxylic acid groups (broad SMARTS) is 1. The lowest BCUT2D eigenvalue weighted by Gasteiger charge is -2.24. The Kier molecular flexibility index (Phi) is 21.1. The van der Waals surface area contributed by atoms with Crippen molar-refractivity contribution in [2.24, 2.45) is 0 Å². The molecule has 4 aromatic carbocycles. The minimum Gasteiger partial charge on any atom is -0.480 e. The van der Waals surface area contributed by atoms with Crippen molar-refractivity contribution < 1.29 is 48.0 Å². The first-order valence-electron chi connectivity index (χ1n) is 20.3. The van der Waals surface area contributed by atoms with Crippen molar-refractivity contribution in [3.05, 3.63) is 144 Å². The molecule has 0 saturated heterocycles. The van der Waals surface area contributed by atoms with E-state index in [1.165, 1.54) is 0 Å². The number of esters is 1. The van der Waals surface area contributed by atoms with Crippen LogP contribution in [0.5, 0.6) is 0 Å². The first-order chi connectivity index (χ1) is 29.3. The second-order valence-corrected chi connectivity index (χ2v) is 14.0. The Labute approximate surface area is 351 Å². The van der Waals surface area contributed by atoms with Crippen LogP contribution >= 0.6 is 0 Å². The molecule has 1 unspecified atom stereocenters. The lowest BCUT2D eigenvalue weighted by atomic mass is 10.1. The highest BCUT2D eigenvalue weighted by molar-refractivity contribution is 5.81. The van der Waals surface area contributed by atoms with Crippen LogP contribution in [0, 0.1) is 0 Å². The van der Waals surface area contributed by atoms with Gasteiger partial charge in [0.25, 0.3) is 0 Å². The summed E-state index contributed by atoms with van der Waals surface area (Å²) in [6.45, 7) is 1.95. The van der Waals surface area contributed by atoms with Crippen molar-refractivity contribution in [2.75, 3.05) is 39.3 Å². The number of hydrogen-bond donors (Lipinski definition) is 3. The van der Waals surface area contributed by atoms with Crippen LogP contribution in [0.2, 0.25) is 0 Å². The number of carboxylic acids is 1. The van der Waals surface area contributed by atoms with Crippen LogP contribution in [-0.2, 0) is 55.0 Å². The first kappa shape index (κ1) is 46.3. The number of amides is 3. The molecule has 4 rings (SSSR count). The Bertz CT molecular complexity index is 1850. The van der Waals surface area contributed by atoms with Crippen molar-refractivity contribution in [3.63, 3.8) is 0 Å². The monoisotopic (exact) mass is 824 g/mol. The smallest absolute Gasteiger partial charge is 0.410 e. The van der Waals surface area contributed by atoms with Crippen molar-refractivity contribution >= 4 is 30.2 Å². The van der Waals surface area contributed by atoms with E-state index in [2.05, 4.69) is 10.6 Å². The molecule has 0 heterocycles. The van der Waals surface area contributed by atoms with E-state index < -0.39 is 42.8 Å². The zero-order valence-corrected chi connectivity index (χ0v) is 34.0. The van der Waals surface area contributed by atoms with Crippen molar-refractivity contribution in [3.8, 4) is 0 Å². The summed E-state index contributed by atoms with van der Waals surface area (Å²) in [5, 5.41) is 15.4. The Morgan fingerprint density at radius 2 is 0.900 bits per heavy atom. The summed E-state index contributed by atoms with van der Waals surface area (Å²) in [5.74, 6) is -1.70. The molecule has 0 aliphatic carbocycles. The molecule has 0 aliphatic heterocycles. The zero-order chi connectivity index (χ0) is 42.6. The zero-order valence-electron chi connectivity index (χ0n) is 34.0. The minimum atomic E-state index is -1.15. The number of nitrogens with one attached hydrogen (secondary N) is 2. The maximum atomic E-state index is 13.2. The molecule has 1 atom stereocenters. The van der Waals surface area contributed by atoms with Gasteiger partial charge in [0.2, 0.25) is 0 Å². The number of alkyl carbamates (subject to hydrolysis) is 1. The Morgan fingerprint density at radius 3 is 1.38 bits per heavy atom. The molecular formula is C46H56N4O10. The molecule has 320 valence electrons. The van der Waals surface area contributed by atoms with E-state index in [1.54, 1.807) is 4.90 Å². The molecule has 0 aliphatic rings. The highest BCUT2D eigenvalue weighted by atomic mass is 16.6. The predicted octanol–water partition coefficient (Wildman–Crippen LogP) is 7.32. The molecule has 0 fully saturated rings. The Morgan fingerprint density at radius 1 is 0.500 bits per heavy atom. The third-order valence-corrected chi connectivity index (χ3v) is 9.25. The van der Waals surface area contributed by atoms with Crippen molar-refractivity contribution in [2.45, 2.75) is 71.0 Å². The van der Waals surface area contributed by atoms with E-state index in [0.717, 1.165) is 33.6 Å². The normalized spacial score (nSPS) is 11.1. The van der Waals surface area contributed by atoms with E-state index in [-0.39, 0.29) is 33.0 Å². The molecule has 0 saturated carbocycles. The summed E-state index contributed by atoms with van der Waals surface area (Å²) in [6, 6.07) is 36.2. The van der Waals surface area contributed by atoms with Crippen LogP contribution in [0.15, 0.2) is 121 Å². The fourth-order valence-electron chi connectivity index (χ4n) is 6.01. The maximum absolute atomic E-state index is 13.2. The number of carbonyl (C=O) groups excluding carboxylic acids is 4. The van der Waals surface area contributed by atoms with Gasteiger partial charge in [-0.15, -0.1) is 0 Å². The van der Waals surface area contributed by atoms with Gasteiger partial charge in [0.15, 0.2) is 0 Å². The van der Waals surface area contributed by atoms with Crippen LogP contribution in [0.4, 0.5) is 14.4 Å². The third-order valence-electron chi connectivity index (χ3n) is 9.25. The number of carbonyl (C=O) groups is 5. The number of ether oxygens (including phenoxy) is 4. The minimum absolute atomic E-state index is 0.0270. The average molecular weight is 825 g/mol. The van der Waals surface area contributed by atoms with Crippen LogP contribution in [0.25, 0.3) is 0 Å². The third kappa shape index (κ3) is 18.9. The standard InChI is InChI=1S/C46H56N4O10/c51-42(52)32-50(46(56)60-36-40-24-11-4-12-25-40)31-16-15-30-49(45(55)59-35-39-22-9-3-10-23-39)29-14-13-27-47-28-17-26-41(43(53)57-33-37-18-5-1-6-19-37)48-44(54)58-34-38-20-7-2-8-21-38/h1-12,18-25,41,47H,13-17,26-36H2,(H,48,54)(H,51,52). The van der Waals surface area contributed by atoms with E-state index in [9.17, 15) is 29.1 Å². The van der Waals surface area contributed by atoms with Crippen LogP contribution in [0.1, 0.15) is 60.8 Å². The predicted molar refractivity (Wildman–Crippen MR) is 224 cm³/mol. The molecule has 60 heavy (non-hydrogen) atoms. The highest BCUT2D eigenvalue weighted by Crippen LogP contribution is 2.10. The molecular weight excluding hydrogens is 769 g/mol. The quantitative estimate of drug-likeness (QED) is 0.0329. The highest BCUT2D eigenvalue weighted by Gasteiger charge is 2.23. The molecule has 0 aromatic heterocycles. The summed E-state index contributed by atoms with van der Waals surface area (Å²) < 4.78 is 21.9. The summed E-state index contributed by atoms with van der Waals surface area (Å²) in [6.07, 6.45) is 1.38. The van der Waals surface area contributed by atoms with Gasteiger partial charge in [-0.05, 0) is 73.9 Å². The Balaban J connectivity index is 1.21. The average Bonchev–Trinajstić information content (AvgIpc) is 3.27. The summed E-state index contributed by atoms with van der Waals surface area (Å²) in [7, 11) is 0. The molecule has 3 amide bonds. The van der Waals surface area contributed by atoms with Gasteiger partial charge < -0.3 is 39.6 Å². The fourth-order valence-corrected chi connectivity index (χ4v) is 6.01. The van der Waals surface area contributed by atoms with Gasteiger partial charge >= 0.3 is 30.2 Å². The largest absolute Gasteiger partial charge is 0.480 e. The lowest BCUT2D eigenvalue weighted by molar-refractivity contribution is -0.147. The molecule has 0 radical (unpaired) electrons. The number of aliphatic carboxylic acids is 1. The number of hydrogen-bond acceptors (Lipinski definition) is 10. The van der Waals surface area contributed by atoms with Gasteiger partial charge in [0.05, 0.1) is 0 Å². The summed E-state index contributed by atoms with van der Waals surface area (Å²) in [5.41, 5.74) is 3.31. The van der Waals surface area contributed by atoms with E-state index in [0.29, 0.717) is 58.3 Å². The molecule has 14 heteroatoms.